The predicted octanol–water partition coefficient (Wildman–Crippen LogP) is 5.49. The fourth-order valence-corrected chi connectivity index (χ4v) is 6.14. The molecule has 1 saturated heterocycles. The van der Waals surface area contributed by atoms with Gasteiger partial charge in [0.1, 0.15) is 11.0 Å². The molecule has 1 aliphatic heterocycles. The van der Waals surface area contributed by atoms with Crippen LogP contribution in [0.1, 0.15) is 50.9 Å². The number of halogens is 2. The Morgan fingerprint density at radius 2 is 1.90 bits per heavy atom. The zero-order valence-electron chi connectivity index (χ0n) is 12.2. The third-order valence-electron chi connectivity index (χ3n) is 3.25. The van der Waals surface area contributed by atoms with Crippen molar-refractivity contribution in [3.8, 4) is 0 Å². The summed E-state index contributed by atoms with van der Waals surface area (Å²) in [5.41, 5.74) is 0.951. The monoisotopic (exact) mass is 394 g/mol. The molecule has 1 aromatic heterocycles. The van der Waals surface area contributed by atoms with Gasteiger partial charge in [0.15, 0.2) is 0 Å². The molecule has 0 saturated carbocycles. The van der Waals surface area contributed by atoms with Crippen LogP contribution < -0.4 is 0 Å². The molecule has 0 aliphatic carbocycles. The zero-order valence-corrected chi connectivity index (χ0v) is 16.2. The second-order valence-corrected chi connectivity index (χ2v) is 9.64. The molecule has 2 rings (SSSR count). The fourth-order valence-electron chi connectivity index (χ4n) is 2.20. The highest BCUT2D eigenvalue weighted by Gasteiger charge is 2.31. The third kappa shape index (κ3) is 3.65. The number of hydrogen-bond donors (Lipinski definition) is 0. The van der Waals surface area contributed by atoms with Gasteiger partial charge >= 0.3 is 0 Å². The standard InChI is InChI=1S/C14H20BrClN2S2/c1-5-8-10(20-7-6-19-8)13-17-11(14(2,3)4)9(15)12(16)18-13/h8,10H,5-7H2,1-4H3. The summed E-state index contributed by atoms with van der Waals surface area (Å²) < 4.78 is 0.830. The Balaban J connectivity index is 2.44. The molecule has 1 aromatic rings. The average Bonchev–Trinajstić information content (AvgIpc) is 2.40. The van der Waals surface area contributed by atoms with Gasteiger partial charge in [-0.3, -0.25) is 0 Å². The Kier molecular flexibility index (Phi) is 5.72. The van der Waals surface area contributed by atoms with E-state index in [1.807, 2.05) is 23.5 Å². The largest absolute Gasteiger partial charge is 0.235 e. The molecule has 2 nitrogen and oxygen atoms in total. The lowest BCUT2D eigenvalue weighted by atomic mass is 9.92. The highest BCUT2D eigenvalue weighted by molar-refractivity contribution is 9.10. The van der Waals surface area contributed by atoms with Crippen LogP contribution in [0, 0.1) is 0 Å². The Hall–Kier alpha value is 0.550. The summed E-state index contributed by atoms with van der Waals surface area (Å²) >= 11 is 13.9. The quantitative estimate of drug-likeness (QED) is 0.618. The second kappa shape index (κ2) is 6.76. The van der Waals surface area contributed by atoms with Crippen molar-refractivity contribution in [1.29, 1.82) is 0 Å². The summed E-state index contributed by atoms with van der Waals surface area (Å²) in [6, 6.07) is 0. The van der Waals surface area contributed by atoms with Crippen molar-refractivity contribution in [2.45, 2.75) is 50.0 Å². The zero-order chi connectivity index (χ0) is 14.9. The number of aromatic nitrogens is 2. The van der Waals surface area contributed by atoms with E-state index in [1.54, 1.807) is 0 Å². The van der Waals surface area contributed by atoms with Gasteiger partial charge in [0, 0.05) is 22.2 Å². The van der Waals surface area contributed by atoms with Crippen LogP contribution in [0.5, 0.6) is 0 Å². The molecule has 2 unspecified atom stereocenters. The molecule has 0 bridgehead atoms. The molecule has 2 atom stereocenters. The van der Waals surface area contributed by atoms with E-state index in [1.165, 1.54) is 5.75 Å². The van der Waals surface area contributed by atoms with E-state index in [2.05, 4.69) is 48.6 Å². The number of thioether (sulfide) groups is 2. The first kappa shape index (κ1) is 16.9. The van der Waals surface area contributed by atoms with Gasteiger partial charge < -0.3 is 0 Å². The molecule has 20 heavy (non-hydrogen) atoms. The van der Waals surface area contributed by atoms with Gasteiger partial charge in [-0.25, -0.2) is 9.97 Å². The highest BCUT2D eigenvalue weighted by Crippen LogP contribution is 2.44. The van der Waals surface area contributed by atoms with Crippen LogP contribution in [0.2, 0.25) is 5.15 Å². The fraction of sp³-hybridized carbons (Fsp3) is 0.714. The maximum Gasteiger partial charge on any atom is 0.147 e. The Labute approximate surface area is 143 Å². The van der Waals surface area contributed by atoms with Gasteiger partial charge in [0.05, 0.1) is 15.4 Å². The van der Waals surface area contributed by atoms with Crippen molar-refractivity contribution >= 4 is 51.1 Å². The molecule has 2 heterocycles. The van der Waals surface area contributed by atoms with Crippen molar-refractivity contribution in [2.24, 2.45) is 0 Å². The maximum absolute atomic E-state index is 6.32. The summed E-state index contributed by atoms with van der Waals surface area (Å²) in [7, 11) is 0. The molecular formula is C14H20BrClN2S2. The summed E-state index contributed by atoms with van der Waals surface area (Å²) in [5.74, 6) is 3.27. The molecule has 112 valence electrons. The van der Waals surface area contributed by atoms with E-state index in [-0.39, 0.29) is 5.41 Å². The van der Waals surface area contributed by atoms with E-state index in [9.17, 15) is 0 Å². The van der Waals surface area contributed by atoms with Crippen LogP contribution in [0.4, 0.5) is 0 Å². The second-order valence-electron chi connectivity index (χ2n) is 5.89. The molecule has 0 N–H and O–H groups in total. The first-order valence-corrected chi connectivity index (χ1v) is 10.1. The molecule has 0 aromatic carbocycles. The molecule has 1 fully saturated rings. The predicted molar refractivity (Wildman–Crippen MR) is 95.2 cm³/mol. The Morgan fingerprint density at radius 3 is 2.50 bits per heavy atom. The number of hydrogen-bond acceptors (Lipinski definition) is 4. The van der Waals surface area contributed by atoms with Gasteiger partial charge in [-0.2, -0.15) is 11.8 Å². The van der Waals surface area contributed by atoms with Crippen molar-refractivity contribution in [3.63, 3.8) is 0 Å². The highest BCUT2D eigenvalue weighted by atomic mass is 79.9. The van der Waals surface area contributed by atoms with Crippen molar-refractivity contribution in [3.05, 3.63) is 21.1 Å². The minimum absolute atomic E-state index is 0.0473. The van der Waals surface area contributed by atoms with Crippen molar-refractivity contribution in [1.82, 2.24) is 9.97 Å². The van der Waals surface area contributed by atoms with E-state index >= 15 is 0 Å². The molecule has 6 heteroatoms. The normalized spacial score (nSPS) is 23.9. The van der Waals surface area contributed by atoms with Gasteiger partial charge in [0.2, 0.25) is 0 Å². The van der Waals surface area contributed by atoms with Crippen LogP contribution >= 0.6 is 51.1 Å². The maximum atomic E-state index is 6.32. The minimum atomic E-state index is -0.0473. The van der Waals surface area contributed by atoms with Crippen LogP contribution in [0.25, 0.3) is 0 Å². The van der Waals surface area contributed by atoms with Gasteiger partial charge in [-0.05, 0) is 22.4 Å². The number of nitrogens with zero attached hydrogens (tertiary/aromatic N) is 2. The lowest BCUT2D eigenvalue weighted by Crippen LogP contribution is -2.23. The number of rotatable bonds is 2. The lowest BCUT2D eigenvalue weighted by Gasteiger charge is -2.30. The van der Waals surface area contributed by atoms with Crippen molar-refractivity contribution in [2.75, 3.05) is 11.5 Å². The first-order valence-electron chi connectivity index (χ1n) is 6.81. The third-order valence-corrected chi connectivity index (χ3v) is 7.74. The van der Waals surface area contributed by atoms with E-state index in [0.717, 1.165) is 28.2 Å². The van der Waals surface area contributed by atoms with Crippen LogP contribution in [0.15, 0.2) is 4.47 Å². The first-order chi connectivity index (χ1) is 9.34. The smallest absolute Gasteiger partial charge is 0.147 e. The summed E-state index contributed by atoms with van der Waals surface area (Å²) in [4.78, 5) is 9.39. The van der Waals surface area contributed by atoms with Gasteiger partial charge in [-0.15, -0.1) is 11.8 Å². The minimum Gasteiger partial charge on any atom is -0.235 e. The lowest BCUT2D eigenvalue weighted by molar-refractivity contribution is 0.556. The van der Waals surface area contributed by atoms with Crippen molar-refractivity contribution < 1.29 is 0 Å². The van der Waals surface area contributed by atoms with E-state index < -0.39 is 0 Å². The molecule has 1 aliphatic rings. The summed E-state index contributed by atoms with van der Waals surface area (Å²) in [5, 5.41) is 1.47. The summed E-state index contributed by atoms with van der Waals surface area (Å²) in [6.45, 7) is 8.70. The van der Waals surface area contributed by atoms with Gasteiger partial charge in [-0.1, -0.05) is 39.3 Å². The molecule has 0 amide bonds. The van der Waals surface area contributed by atoms with Crippen LogP contribution in [-0.2, 0) is 5.41 Å². The molecule has 0 radical (unpaired) electrons. The van der Waals surface area contributed by atoms with E-state index in [0.29, 0.717) is 15.7 Å². The molecule has 0 spiro atoms. The van der Waals surface area contributed by atoms with Crippen LogP contribution in [0.3, 0.4) is 0 Å². The van der Waals surface area contributed by atoms with E-state index in [4.69, 9.17) is 16.6 Å². The van der Waals surface area contributed by atoms with Gasteiger partial charge in [0.25, 0.3) is 0 Å². The average molecular weight is 396 g/mol. The Bertz CT molecular complexity index is 491. The SMILES string of the molecule is CCC1SCCSC1c1nc(Cl)c(Br)c(C(C)(C)C)n1. The Morgan fingerprint density at radius 1 is 1.25 bits per heavy atom. The topological polar surface area (TPSA) is 25.8 Å². The molecular weight excluding hydrogens is 376 g/mol. The van der Waals surface area contributed by atoms with Crippen LogP contribution in [-0.4, -0.2) is 26.7 Å². The summed E-state index contributed by atoms with van der Waals surface area (Å²) in [6.07, 6.45) is 1.14.